The smallest absolute Gasteiger partial charge is 0.251 e. The van der Waals surface area contributed by atoms with Gasteiger partial charge in [0, 0.05) is 35.5 Å². The first-order valence-electron chi connectivity index (χ1n) is 9.80. The van der Waals surface area contributed by atoms with Crippen LogP contribution in [0, 0.1) is 0 Å². The van der Waals surface area contributed by atoms with Crippen LogP contribution in [0.25, 0.3) is 0 Å². The van der Waals surface area contributed by atoms with Gasteiger partial charge >= 0.3 is 0 Å². The normalized spacial score (nSPS) is 23.2. The van der Waals surface area contributed by atoms with Crippen LogP contribution in [0.4, 0.5) is 5.69 Å². The number of carbonyl (C=O) groups is 1. The predicted octanol–water partition coefficient (Wildman–Crippen LogP) is 4.57. The summed E-state index contributed by atoms with van der Waals surface area (Å²) in [7, 11) is 0. The van der Waals surface area contributed by atoms with Crippen molar-refractivity contribution in [3.8, 4) is 11.5 Å². The topological polar surface area (TPSA) is 50.8 Å². The highest BCUT2D eigenvalue weighted by atomic mass is 32.1. The Kier molecular flexibility index (Phi) is 4.32. The average Bonchev–Trinajstić information content (AvgIpc) is 3.41. The Bertz CT molecular complexity index is 830. The summed E-state index contributed by atoms with van der Waals surface area (Å²) in [4.78, 5) is 16.2. The van der Waals surface area contributed by atoms with E-state index in [1.165, 1.54) is 4.88 Å². The Morgan fingerprint density at radius 2 is 2.04 bits per heavy atom. The van der Waals surface area contributed by atoms with Gasteiger partial charge in [-0.1, -0.05) is 6.07 Å². The molecule has 3 aliphatic rings. The van der Waals surface area contributed by atoms with Crippen molar-refractivity contribution < 1.29 is 14.3 Å². The van der Waals surface area contributed by atoms with E-state index in [1.54, 1.807) is 11.3 Å². The molecular weight excluding hydrogens is 360 g/mol. The number of fused-ring (bicyclic) bond motifs is 1. The fraction of sp³-hybridized carbons (Fsp3) is 0.476. The van der Waals surface area contributed by atoms with Crippen LogP contribution in [0.1, 0.15) is 49.4 Å². The minimum absolute atomic E-state index is 0.0212. The van der Waals surface area contributed by atoms with E-state index < -0.39 is 5.79 Å². The van der Waals surface area contributed by atoms with E-state index in [1.807, 2.05) is 18.2 Å². The second kappa shape index (κ2) is 6.84. The molecule has 1 aliphatic carbocycles. The lowest BCUT2D eigenvalue weighted by Gasteiger charge is -2.22. The molecule has 5 nitrogen and oxygen atoms in total. The molecule has 6 heteroatoms. The number of hydrogen-bond donors (Lipinski definition) is 1. The van der Waals surface area contributed by atoms with E-state index in [0.717, 1.165) is 62.3 Å². The Labute approximate surface area is 163 Å². The number of likely N-dealkylation sites (tertiary alicyclic amines) is 1. The monoisotopic (exact) mass is 384 g/mol. The molecule has 5 rings (SSSR count). The van der Waals surface area contributed by atoms with Crippen molar-refractivity contribution in [2.45, 2.75) is 50.4 Å². The second-order valence-corrected chi connectivity index (χ2v) is 8.65. The van der Waals surface area contributed by atoms with Gasteiger partial charge in [0.2, 0.25) is 5.91 Å². The van der Waals surface area contributed by atoms with Gasteiger partial charge in [-0.25, -0.2) is 0 Å². The van der Waals surface area contributed by atoms with Crippen molar-refractivity contribution in [1.29, 1.82) is 0 Å². The molecule has 142 valence electrons. The van der Waals surface area contributed by atoms with Crippen molar-refractivity contribution in [1.82, 2.24) is 4.90 Å². The third kappa shape index (κ3) is 3.32. The molecule has 1 amide bonds. The number of nitrogens with zero attached hydrogens (tertiary/aromatic N) is 1. The number of ether oxygens (including phenoxy) is 2. The number of nitrogens with one attached hydrogen (secondary N) is 1. The summed E-state index contributed by atoms with van der Waals surface area (Å²) in [6.07, 6.45) is 6.41. The molecule has 1 aromatic carbocycles. The first kappa shape index (κ1) is 17.1. The number of hydrogen-bond acceptors (Lipinski definition) is 5. The molecule has 1 aromatic heterocycles. The number of carbonyl (C=O) groups excluding carboxylic acids is 1. The van der Waals surface area contributed by atoms with Crippen LogP contribution in [-0.2, 0) is 4.79 Å². The number of benzene rings is 1. The van der Waals surface area contributed by atoms with Crippen LogP contribution >= 0.6 is 11.3 Å². The van der Waals surface area contributed by atoms with Crippen LogP contribution in [0.3, 0.4) is 0 Å². The first-order valence-corrected chi connectivity index (χ1v) is 10.7. The average molecular weight is 385 g/mol. The molecule has 0 radical (unpaired) electrons. The molecule has 2 aromatic rings. The van der Waals surface area contributed by atoms with Gasteiger partial charge in [0.1, 0.15) is 0 Å². The molecule has 3 heterocycles. The zero-order chi connectivity index (χ0) is 18.3. The molecule has 27 heavy (non-hydrogen) atoms. The summed E-state index contributed by atoms with van der Waals surface area (Å²) in [6, 6.07) is 10.3. The molecule has 1 atom stereocenters. The van der Waals surface area contributed by atoms with Gasteiger partial charge < -0.3 is 14.8 Å². The lowest BCUT2D eigenvalue weighted by atomic mass is 10.2. The zero-order valence-corrected chi connectivity index (χ0v) is 16.1. The predicted molar refractivity (Wildman–Crippen MR) is 105 cm³/mol. The van der Waals surface area contributed by atoms with E-state index in [4.69, 9.17) is 9.47 Å². The highest BCUT2D eigenvalue weighted by molar-refractivity contribution is 7.10. The van der Waals surface area contributed by atoms with Crippen molar-refractivity contribution in [2.24, 2.45) is 0 Å². The summed E-state index contributed by atoms with van der Waals surface area (Å²) < 4.78 is 12.1. The van der Waals surface area contributed by atoms with Gasteiger partial charge in [-0.05, 0) is 55.8 Å². The van der Waals surface area contributed by atoms with Gasteiger partial charge in [-0.3, -0.25) is 9.69 Å². The fourth-order valence-corrected chi connectivity index (χ4v) is 5.39. The van der Waals surface area contributed by atoms with Crippen molar-refractivity contribution in [2.75, 3.05) is 18.4 Å². The van der Waals surface area contributed by atoms with E-state index >= 15 is 0 Å². The Morgan fingerprint density at radius 3 is 2.85 bits per heavy atom. The maximum Gasteiger partial charge on any atom is 0.251 e. The molecule has 1 saturated heterocycles. The molecule has 2 aliphatic heterocycles. The standard InChI is InChI=1S/C21H24N2O3S/c24-20(14-23-11-3-5-16(23)19-6-4-12-27-19)22-15-7-8-17-18(13-15)26-21(25-17)9-1-2-10-21/h4,6-8,12-13,16H,1-3,5,9-11,14H2,(H,22,24). The van der Waals surface area contributed by atoms with E-state index in [2.05, 4.69) is 27.7 Å². The molecule has 2 fully saturated rings. The fourth-order valence-electron chi connectivity index (χ4n) is 4.49. The van der Waals surface area contributed by atoms with Crippen LogP contribution in [0.5, 0.6) is 11.5 Å². The van der Waals surface area contributed by atoms with Gasteiger partial charge in [-0.2, -0.15) is 0 Å². The summed E-state index contributed by atoms with van der Waals surface area (Å²) >= 11 is 1.77. The quantitative estimate of drug-likeness (QED) is 0.839. The lowest BCUT2D eigenvalue weighted by Crippen LogP contribution is -2.34. The van der Waals surface area contributed by atoms with Gasteiger partial charge in [0.25, 0.3) is 5.79 Å². The third-order valence-corrected chi connectivity index (χ3v) is 6.74. The zero-order valence-electron chi connectivity index (χ0n) is 15.3. The molecule has 0 bridgehead atoms. The van der Waals surface area contributed by atoms with E-state index in [-0.39, 0.29) is 5.91 Å². The number of rotatable bonds is 4. The van der Waals surface area contributed by atoms with Crippen molar-refractivity contribution >= 4 is 22.9 Å². The summed E-state index contributed by atoms with van der Waals surface area (Å²) in [5, 5.41) is 5.14. The summed E-state index contributed by atoms with van der Waals surface area (Å²) in [6.45, 7) is 1.39. The highest BCUT2D eigenvalue weighted by Crippen LogP contribution is 2.47. The Morgan fingerprint density at radius 1 is 1.19 bits per heavy atom. The summed E-state index contributed by atoms with van der Waals surface area (Å²) in [5.41, 5.74) is 0.768. The number of anilines is 1. The highest BCUT2D eigenvalue weighted by Gasteiger charge is 2.44. The Hall–Kier alpha value is -2.05. The maximum absolute atomic E-state index is 12.6. The largest absolute Gasteiger partial charge is 0.448 e. The van der Waals surface area contributed by atoms with Gasteiger partial charge in [0.15, 0.2) is 11.5 Å². The molecule has 1 N–H and O–H groups in total. The first-order chi connectivity index (χ1) is 13.2. The minimum Gasteiger partial charge on any atom is -0.448 e. The van der Waals surface area contributed by atoms with Gasteiger partial charge in [-0.15, -0.1) is 11.3 Å². The van der Waals surface area contributed by atoms with Crippen LogP contribution in [-0.4, -0.2) is 29.7 Å². The molecule has 1 saturated carbocycles. The SMILES string of the molecule is O=C(CN1CCCC1c1cccs1)Nc1ccc2c(c1)OC1(CCCC1)O2. The minimum atomic E-state index is -0.464. The van der Waals surface area contributed by atoms with Gasteiger partial charge in [0.05, 0.1) is 6.54 Å². The second-order valence-electron chi connectivity index (χ2n) is 7.68. The third-order valence-electron chi connectivity index (χ3n) is 5.77. The van der Waals surface area contributed by atoms with Crippen LogP contribution < -0.4 is 14.8 Å². The number of amides is 1. The molecule has 1 spiro atoms. The van der Waals surface area contributed by atoms with Crippen molar-refractivity contribution in [3.05, 3.63) is 40.6 Å². The maximum atomic E-state index is 12.6. The van der Waals surface area contributed by atoms with E-state index in [0.29, 0.717) is 12.6 Å². The summed E-state index contributed by atoms with van der Waals surface area (Å²) in [5.74, 6) is 1.08. The lowest BCUT2D eigenvalue weighted by molar-refractivity contribution is -0.117. The molecule has 1 unspecified atom stereocenters. The van der Waals surface area contributed by atoms with Crippen molar-refractivity contribution in [3.63, 3.8) is 0 Å². The van der Waals surface area contributed by atoms with Crippen LogP contribution in [0.15, 0.2) is 35.7 Å². The molecular formula is C21H24N2O3S. The van der Waals surface area contributed by atoms with E-state index in [9.17, 15) is 4.79 Å². The number of thiophene rings is 1. The Balaban J connectivity index is 1.23. The van der Waals surface area contributed by atoms with Crippen LogP contribution in [0.2, 0.25) is 0 Å².